The number of aryl methyl sites for hydroxylation is 1. The fourth-order valence-corrected chi connectivity index (χ4v) is 4.09. The Kier molecular flexibility index (Phi) is 6.32. The van der Waals surface area contributed by atoms with Crippen molar-refractivity contribution in [2.24, 2.45) is 13.0 Å². The van der Waals surface area contributed by atoms with E-state index in [1.54, 1.807) is 0 Å². The first-order valence-corrected chi connectivity index (χ1v) is 9.81. The van der Waals surface area contributed by atoms with E-state index in [9.17, 15) is 9.59 Å². The molecule has 2 N–H and O–H groups in total. The highest BCUT2D eigenvalue weighted by molar-refractivity contribution is 5.87. The molecular formula is C22H29N3O2. The lowest BCUT2D eigenvalue weighted by Gasteiger charge is -2.31. The van der Waals surface area contributed by atoms with Gasteiger partial charge >= 0.3 is 0 Å². The molecule has 0 spiro atoms. The van der Waals surface area contributed by atoms with Crippen LogP contribution in [0.4, 0.5) is 0 Å². The summed E-state index contributed by atoms with van der Waals surface area (Å²) in [5, 5.41) is 7.18. The van der Waals surface area contributed by atoms with Crippen LogP contribution in [0, 0.1) is 5.92 Å². The standard InChI is InChI=1S/C22H29N3O2/c1-3-21(26)23-15-19(16-9-5-4-6-10-16)24-22(27)14-18-13-17-11-7-8-12-20(17)25(18)2/h3,7-8,11-13,16,19H,1,4-6,9-10,14-15H2,2H3,(H,23,26)(H,24,27). The van der Waals surface area contributed by atoms with E-state index in [1.165, 1.54) is 25.3 Å². The zero-order chi connectivity index (χ0) is 19.2. The number of carbonyl (C=O) groups excluding carboxylic acids is 2. The first kappa shape index (κ1) is 19.2. The average molecular weight is 367 g/mol. The van der Waals surface area contributed by atoms with Gasteiger partial charge in [-0.25, -0.2) is 0 Å². The minimum Gasteiger partial charge on any atom is -0.351 e. The fraction of sp³-hybridized carbons (Fsp3) is 0.455. The topological polar surface area (TPSA) is 63.1 Å². The number of aromatic nitrogens is 1. The van der Waals surface area contributed by atoms with Gasteiger partial charge in [0, 0.05) is 30.8 Å². The average Bonchev–Trinajstić information content (AvgIpc) is 3.01. The van der Waals surface area contributed by atoms with Crippen LogP contribution < -0.4 is 10.6 Å². The zero-order valence-corrected chi connectivity index (χ0v) is 16.0. The lowest BCUT2D eigenvalue weighted by molar-refractivity contribution is -0.122. The number of fused-ring (bicyclic) bond motifs is 1. The van der Waals surface area contributed by atoms with Crippen molar-refractivity contribution in [1.82, 2.24) is 15.2 Å². The van der Waals surface area contributed by atoms with Gasteiger partial charge in [0.2, 0.25) is 11.8 Å². The monoisotopic (exact) mass is 367 g/mol. The van der Waals surface area contributed by atoms with Crippen LogP contribution in [-0.2, 0) is 23.1 Å². The Bertz CT molecular complexity index is 818. The maximum Gasteiger partial charge on any atom is 0.243 e. The largest absolute Gasteiger partial charge is 0.351 e. The Labute approximate surface area is 160 Å². The minimum absolute atomic E-state index is 0.00401. The molecule has 1 heterocycles. The molecule has 0 aliphatic heterocycles. The van der Waals surface area contributed by atoms with E-state index in [-0.39, 0.29) is 17.9 Å². The van der Waals surface area contributed by atoms with E-state index >= 15 is 0 Å². The molecule has 1 aromatic carbocycles. The number of carbonyl (C=O) groups is 2. The minimum atomic E-state index is -0.196. The summed E-state index contributed by atoms with van der Waals surface area (Å²) in [6, 6.07) is 10.2. The van der Waals surface area contributed by atoms with Crippen LogP contribution in [0.1, 0.15) is 37.8 Å². The van der Waals surface area contributed by atoms with E-state index in [4.69, 9.17) is 0 Å². The van der Waals surface area contributed by atoms with E-state index in [0.717, 1.165) is 29.4 Å². The maximum absolute atomic E-state index is 12.8. The van der Waals surface area contributed by atoms with E-state index in [2.05, 4.69) is 40.0 Å². The van der Waals surface area contributed by atoms with Crippen LogP contribution in [0.3, 0.4) is 0 Å². The van der Waals surface area contributed by atoms with Crippen LogP contribution >= 0.6 is 0 Å². The van der Waals surface area contributed by atoms with Gasteiger partial charge in [0.1, 0.15) is 0 Å². The van der Waals surface area contributed by atoms with Gasteiger partial charge in [-0.15, -0.1) is 0 Å². The Morgan fingerprint density at radius 3 is 2.70 bits per heavy atom. The summed E-state index contributed by atoms with van der Waals surface area (Å²) < 4.78 is 2.07. The summed E-state index contributed by atoms with van der Waals surface area (Å²) in [5.74, 6) is 0.225. The number of hydrogen-bond acceptors (Lipinski definition) is 2. The number of nitrogens with zero attached hydrogens (tertiary/aromatic N) is 1. The predicted octanol–water partition coefficient (Wildman–Crippen LogP) is 3.09. The van der Waals surface area contributed by atoms with Gasteiger partial charge in [0.05, 0.1) is 6.42 Å². The highest BCUT2D eigenvalue weighted by atomic mass is 16.2. The van der Waals surface area contributed by atoms with Crippen LogP contribution in [0.5, 0.6) is 0 Å². The van der Waals surface area contributed by atoms with Gasteiger partial charge in [0.25, 0.3) is 0 Å². The molecule has 1 aliphatic carbocycles. The normalized spacial score (nSPS) is 16.0. The Morgan fingerprint density at radius 2 is 2.00 bits per heavy atom. The second kappa shape index (κ2) is 8.89. The van der Waals surface area contributed by atoms with Crippen LogP contribution in [0.15, 0.2) is 43.0 Å². The molecule has 1 aliphatic rings. The van der Waals surface area contributed by atoms with Gasteiger partial charge in [-0.3, -0.25) is 9.59 Å². The first-order chi connectivity index (χ1) is 13.1. The molecule has 2 aromatic rings. The summed E-state index contributed by atoms with van der Waals surface area (Å²) in [7, 11) is 1.99. The smallest absolute Gasteiger partial charge is 0.243 e. The molecule has 1 fully saturated rings. The van der Waals surface area contributed by atoms with Crippen molar-refractivity contribution in [2.75, 3.05) is 6.54 Å². The third kappa shape index (κ3) is 4.79. The van der Waals surface area contributed by atoms with Crippen molar-refractivity contribution in [1.29, 1.82) is 0 Å². The predicted molar refractivity (Wildman–Crippen MR) is 108 cm³/mol. The van der Waals surface area contributed by atoms with Gasteiger partial charge in [-0.05, 0) is 42.4 Å². The van der Waals surface area contributed by atoms with E-state index in [0.29, 0.717) is 18.9 Å². The lowest BCUT2D eigenvalue weighted by atomic mass is 9.83. The molecule has 1 saturated carbocycles. The molecule has 3 rings (SSSR count). The molecule has 5 nitrogen and oxygen atoms in total. The molecule has 5 heteroatoms. The van der Waals surface area contributed by atoms with Gasteiger partial charge in [0.15, 0.2) is 0 Å². The van der Waals surface area contributed by atoms with Crippen molar-refractivity contribution < 1.29 is 9.59 Å². The quantitative estimate of drug-likeness (QED) is 0.739. The molecule has 0 saturated heterocycles. The van der Waals surface area contributed by atoms with Crippen LogP contribution in [0.25, 0.3) is 10.9 Å². The van der Waals surface area contributed by atoms with E-state index < -0.39 is 0 Å². The Morgan fingerprint density at radius 1 is 1.26 bits per heavy atom. The van der Waals surface area contributed by atoms with Gasteiger partial charge in [-0.1, -0.05) is 44.0 Å². The van der Waals surface area contributed by atoms with Crippen molar-refractivity contribution in [3.63, 3.8) is 0 Å². The molecule has 0 radical (unpaired) electrons. The molecule has 144 valence electrons. The molecule has 27 heavy (non-hydrogen) atoms. The molecule has 1 aromatic heterocycles. The van der Waals surface area contributed by atoms with Crippen molar-refractivity contribution >= 4 is 22.7 Å². The van der Waals surface area contributed by atoms with Crippen molar-refractivity contribution in [3.05, 3.63) is 48.7 Å². The number of nitrogens with one attached hydrogen (secondary N) is 2. The van der Waals surface area contributed by atoms with E-state index in [1.807, 2.05) is 19.2 Å². The Balaban J connectivity index is 1.67. The first-order valence-electron chi connectivity index (χ1n) is 9.81. The number of benzene rings is 1. The summed E-state index contributed by atoms with van der Waals surface area (Å²) >= 11 is 0. The number of rotatable bonds is 7. The van der Waals surface area contributed by atoms with Crippen molar-refractivity contribution in [2.45, 2.75) is 44.6 Å². The molecule has 2 amide bonds. The highest BCUT2D eigenvalue weighted by Crippen LogP contribution is 2.26. The number of hydrogen-bond donors (Lipinski definition) is 2. The highest BCUT2D eigenvalue weighted by Gasteiger charge is 2.25. The SMILES string of the molecule is C=CC(=O)NCC(NC(=O)Cc1cc2ccccc2n1C)C1CCCCC1. The van der Waals surface area contributed by atoms with Gasteiger partial charge in [-0.2, -0.15) is 0 Å². The summed E-state index contributed by atoms with van der Waals surface area (Å²) in [6.45, 7) is 3.95. The Hall–Kier alpha value is -2.56. The summed E-state index contributed by atoms with van der Waals surface area (Å²) in [5.41, 5.74) is 2.12. The number of para-hydroxylation sites is 1. The lowest BCUT2D eigenvalue weighted by Crippen LogP contribution is -2.48. The molecule has 1 unspecified atom stereocenters. The maximum atomic E-state index is 12.8. The molecule has 0 bridgehead atoms. The zero-order valence-electron chi connectivity index (χ0n) is 16.0. The summed E-state index contributed by atoms with van der Waals surface area (Å²) in [6.07, 6.45) is 7.45. The van der Waals surface area contributed by atoms with Crippen molar-refractivity contribution in [3.8, 4) is 0 Å². The van der Waals surface area contributed by atoms with Crippen LogP contribution in [-0.4, -0.2) is 29.0 Å². The molecule has 1 atom stereocenters. The fourth-order valence-electron chi connectivity index (χ4n) is 4.09. The third-order valence-electron chi connectivity index (χ3n) is 5.64. The second-order valence-electron chi connectivity index (χ2n) is 7.45. The number of amides is 2. The summed E-state index contributed by atoms with van der Waals surface area (Å²) in [4.78, 5) is 24.3. The second-order valence-corrected chi connectivity index (χ2v) is 7.45. The van der Waals surface area contributed by atoms with Gasteiger partial charge < -0.3 is 15.2 Å². The third-order valence-corrected chi connectivity index (χ3v) is 5.64. The molecular weight excluding hydrogens is 338 g/mol. The van der Waals surface area contributed by atoms with Crippen LogP contribution in [0.2, 0.25) is 0 Å².